The Hall–Kier alpha value is -3.09. The van der Waals surface area contributed by atoms with E-state index in [1.54, 1.807) is 27.8 Å². The van der Waals surface area contributed by atoms with Gasteiger partial charge in [0.2, 0.25) is 5.91 Å². The van der Waals surface area contributed by atoms with E-state index >= 15 is 0 Å². The maximum absolute atomic E-state index is 13.5. The molecule has 2 N–H and O–H groups in total. The lowest BCUT2D eigenvalue weighted by molar-refractivity contribution is -0.143. The van der Waals surface area contributed by atoms with Crippen LogP contribution in [0.15, 0.2) is 18.2 Å². The van der Waals surface area contributed by atoms with Crippen LogP contribution in [0, 0.1) is 5.41 Å². The van der Waals surface area contributed by atoms with Crippen LogP contribution >= 0.6 is 0 Å². The summed E-state index contributed by atoms with van der Waals surface area (Å²) in [4.78, 5) is 31.9. The number of halogens is 6. The number of likely N-dealkylation sites (N-methyl/N-ethyl adjacent to an activating group) is 1. The van der Waals surface area contributed by atoms with Crippen molar-refractivity contribution >= 4 is 11.8 Å². The van der Waals surface area contributed by atoms with Crippen LogP contribution in [0.2, 0.25) is 0 Å². The minimum absolute atomic E-state index is 0.0501. The van der Waals surface area contributed by atoms with Crippen LogP contribution in [-0.4, -0.2) is 52.9 Å². The second-order valence-electron chi connectivity index (χ2n) is 10.2. The van der Waals surface area contributed by atoms with Gasteiger partial charge in [0.05, 0.1) is 16.8 Å². The van der Waals surface area contributed by atoms with Crippen LogP contribution in [-0.2, 0) is 30.2 Å². The first kappa shape index (κ1) is 28.5. The van der Waals surface area contributed by atoms with Crippen molar-refractivity contribution < 1.29 is 35.9 Å². The third-order valence-corrected chi connectivity index (χ3v) is 6.12. The van der Waals surface area contributed by atoms with Gasteiger partial charge in [0.15, 0.2) is 5.69 Å². The first-order valence-corrected chi connectivity index (χ1v) is 11.5. The molecule has 0 bridgehead atoms. The van der Waals surface area contributed by atoms with Gasteiger partial charge in [0, 0.05) is 25.7 Å². The van der Waals surface area contributed by atoms with Crippen molar-refractivity contribution in [2.45, 2.75) is 58.7 Å². The molecule has 2 amide bonds. The van der Waals surface area contributed by atoms with E-state index in [0.29, 0.717) is 30.8 Å². The molecule has 0 radical (unpaired) electrons. The van der Waals surface area contributed by atoms with Gasteiger partial charge in [-0.15, -0.1) is 0 Å². The molecule has 204 valence electrons. The first-order valence-electron chi connectivity index (χ1n) is 11.5. The Labute approximate surface area is 210 Å². The highest BCUT2D eigenvalue weighted by molar-refractivity contribution is 5.98. The number of aromatic nitrogens is 2. The van der Waals surface area contributed by atoms with E-state index in [0.717, 1.165) is 0 Å². The van der Waals surface area contributed by atoms with E-state index in [9.17, 15) is 35.9 Å². The van der Waals surface area contributed by atoms with Crippen LogP contribution in [0.25, 0.3) is 11.4 Å². The number of imidazole rings is 1. The summed E-state index contributed by atoms with van der Waals surface area (Å²) in [5.41, 5.74) is -3.88. The molecule has 13 heteroatoms. The lowest BCUT2D eigenvalue weighted by Gasteiger charge is -2.29. The molecule has 37 heavy (non-hydrogen) atoms. The van der Waals surface area contributed by atoms with Crippen LogP contribution in [0.5, 0.6) is 0 Å². The molecule has 1 aliphatic rings. The predicted molar refractivity (Wildman–Crippen MR) is 123 cm³/mol. The Kier molecular flexibility index (Phi) is 7.69. The fourth-order valence-corrected chi connectivity index (χ4v) is 4.23. The summed E-state index contributed by atoms with van der Waals surface area (Å²) in [7, 11) is 3.19. The lowest BCUT2D eigenvalue weighted by Crippen LogP contribution is -2.53. The van der Waals surface area contributed by atoms with Crippen molar-refractivity contribution in [2.24, 2.45) is 5.41 Å². The predicted octanol–water partition coefficient (Wildman–Crippen LogP) is 4.31. The highest BCUT2D eigenvalue weighted by atomic mass is 19.4. The zero-order valence-corrected chi connectivity index (χ0v) is 21.1. The van der Waals surface area contributed by atoms with Crippen LogP contribution in [0.4, 0.5) is 26.3 Å². The number of carbonyl (C=O) groups excluding carboxylic acids is 2. The third-order valence-electron chi connectivity index (χ3n) is 6.12. The van der Waals surface area contributed by atoms with Crippen molar-refractivity contribution in [3.63, 3.8) is 0 Å². The molecule has 1 aromatic heterocycles. The summed E-state index contributed by atoms with van der Waals surface area (Å²) < 4.78 is 82.5. The van der Waals surface area contributed by atoms with Gasteiger partial charge < -0.3 is 20.1 Å². The highest BCUT2D eigenvalue weighted by Crippen LogP contribution is 2.39. The van der Waals surface area contributed by atoms with Crippen molar-refractivity contribution in [1.82, 2.24) is 25.1 Å². The molecule has 1 unspecified atom stereocenters. The van der Waals surface area contributed by atoms with Gasteiger partial charge in [-0.2, -0.15) is 26.3 Å². The molecular weight excluding hydrogens is 504 g/mol. The van der Waals surface area contributed by atoms with Crippen LogP contribution < -0.4 is 10.6 Å². The number of fused-ring (bicyclic) bond motifs is 1. The number of carbonyl (C=O) groups is 2. The number of amides is 2. The number of nitrogens with zero attached hydrogens (tertiary/aromatic N) is 3. The smallest absolute Gasteiger partial charge is 0.357 e. The molecule has 1 aromatic carbocycles. The number of nitrogens with one attached hydrogen (secondary N) is 2. The summed E-state index contributed by atoms with van der Waals surface area (Å²) in [5, 5.41) is 5.12. The number of benzene rings is 1. The number of alkyl halides is 6. The molecular formula is C24H29F6N5O2. The summed E-state index contributed by atoms with van der Waals surface area (Å²) in [6.45, 7) is 6.21. The van der Waals surface area contributed by atoms with E-state index in [2.05, 4.69) is 15.6 Å². The summed E-state index contributed by atoms with van der Waals surface area (Å²) in [6.07, 6.45) is -9.53. The Morgan fingerprint density at radius 1 is 0.973 bits per heavy atom. The summed E-state index contributed by atoms with van der Waals surface area (Å²) in [5.74, 6) is -1.40. The zero-order chi connectivity index (χ0) is 27.9. The zero-order valence-electron chi connectivity index (χ0n) is 21.1. The minimum atomic E-state index is -5.03. The topological polar surface area (TPSA) is 79.3 Å². The average Bonchev–Trinajstić information content (AvgIpc) is 3.01. The van der Waals surface area contributed by atoms with Crippen molar-refractivity contribution in [3.05, 3.63) is 40.7 Å². The quantitative estimate of drug-likeness (QED) is 0.575. The molecule has 1 aliphatic heterocycles. The van der Waals surface area contributed by atoms with Gasteiger partial charge in [-0.25, -0.2) is 4.98 Å². The highest BCUT2D eigenvalue weighted by Gasteiger charge is 2.39. The van der Waals surface area contributed by atoms with Crippen molar-refractivity contribution in [2.75, 3.05) is 20.6 Å². The number of hydrogen-bond donors (Lipinski definition) is 2. The van der Waals surface area contributed by atoms with E-state index in [4.69, 9.17) is 0 Å². The molecule has 3 rings (SSSR count). The number of rotatable bonds is 4. The largest absolute Gasteiger partial charge is 0.416 e. The normalized spacial score (nSPS) is 16.1. The SMILES string of the molecule is CNC(=O)C(NC(=O)c1nc(-c2cc(C(F)(F)F)cc(C(F)(F)F)c2)n2c1CN(C)CCC2)C(C)(C)C. The molecule has 0 aliphatic carbocycles. The van der Waals surface area contributed by atoms with Gasteiger partial charge in [-0.1, -0.05) is 20.8 Å². The van der Waals surface area contributed by atoms with Gasteiger partial charge in [0.25, 0.3) is 5.91 Å². The molecule has 2 aromatic rings. The Morgan fingerprint density at radius 3 is 2.03 bits per heavy atom. The molecule has 0 saturated heterocycles. The monoisotopic (exact) mass is 533 g/mol. The van der Waals surface area contributed by atoms with E-state index in [1.165, 1.54) is 11.6 Å². The lowest BCUT2D eigenvalue weighted by atomic mass is 9.86. The van der Waals surface area contributed by atoms with Gasteiger partial charge in [-0.05, 0) is 43.6 Å². The Bertz CT molecular complexity index is 1150. The number of hydrogen-bond acceptors (Lipinski definition) is 4. The van der Waals surface area contributed by atoms with Gasteiger partial charge in [-0.3, -0.25) is 9.59 Å². The van der Waals surface area contributed by atoms with Crippen molar-refractivity contribution in [1.29, 1.82) is 0 Å². The average molecular weight is 534 g/mol. The first-order chi connectivity index (χ1) is 16.9. The molecule has 1 atom stereocenters. The maximum Gasteiger partial charge on any atom is 0.416 e. The van der Waals surface area contributed by atoms with Gasteiger partial charge in [0.1, 0.15) is 11.9 Å². The molecule has 0 fully saturated rings. The molecule has 0 saturated carbocycles. The fourth-order valence-electron chi connectivity index (χ4n) is 4.23. The van der Waals surface area contributed by atoms with Gasteiger partial charge >= 0.3 is 12.4 Å². The molecule has 7 nitrogen and oxygen atoms in total. The van der Waals surface area contributed by atoms with E-state index in [-0.39, 0.29) is 30.7 Å². The van der Waals surface area contributed by atoms with Crippen LogP contribution in [0.3, 0.4) is 0 Å². The van der Waals surface area contributed by atoms with E-state index < -0.39 is 52.3 Å². The molecule has 2 heterocycles. The summed E-state index contributed by atoms with van der Waals surface area (Å²) >= 11 is 0. The standard InChI is InChI=1S/C24H29F6N5O2/c1-22(2,3)18(21(37)31-4)33-20(36)17-16-12-34(5)7-6-8-35(16)19(32-17)13-9-14(23(25,26)27)11-15(10-13)24(28,29)30/h9-11,18H,6-8,12H2,1-5H3,(H,31,37)(H,33,36). The maximum atomic E-state index is 13.5. The van der Waals surface area contributed by atoms with E-state index in [1.807, 2.05) is 4.90 Å². The van der Waals surface area contributed by atoms with Crippen molar-refractivity contribution in [3.8, 4) is 11.4 Å². The van der Waals surface area contributed by atoms with Crippen LogP contribution in [0.1, 0.15) is 54.5 Å². The molecule has 0 spiro atoms. The summed E-state index contributed by atoms with van der Waals surface area (Å²) in [6, 6.07) is 0.279. The third kappa shape index (κ3) is 6.25. The fraction of sp³-hybridized carbons (Fsp3) is 0.542. The Morgan fingerprint density at radius 2 is 1.54 bits per heavy atom. The second kappa shape index (κ2) is 9.99. The minimum Gasteiger partial charge on any atom is -0.357 e. The second-order valence-corrected chi connectivity index (χ2v) is 10.2. The Balaban J connectivity index is 2.20.